The third-order valence-electron chi connectivity index (χ3n) is 3.33. The number of hydrogen-bond donors (Lipinski definition) is 0. The van der Waals surface area contributed by atoms with E-state index in [1.807, 2.05) is 12.4 Å². The smallest absolute Gasteiger partial charge is 0.0430 e. The van der Waals surface area contributed by atoms with E-state index in [4.69, 9.17) is 0 Å². The maximum absolute atomic E-state index is 4.06. The normalized spacial score (nSPS) is 14.5. The van der Waals surface area contributed by atoms with Crippen molar-refractivity contribution in [2.24, 2.45) is 0 Å². The molecule has 2 heterocycles. The SMILES string of the molecule is c1ccc2c(c1)CCCN2Cc1ccncc1. The van der Waals surface area contributed by atoms with Crippen LogP contribution in [0.3, 0.4) is 0 Å². The molecule has 0 bridgehead atoms. The van der Waals surface area contributed by atoms with Gasteiger partial charge in [-0.15, -0.1) is 0 Å². The third kappa shape index (κ3) is 2.16. The van der Waals surface area contributed by atoms with Gasteiger partial charge in [0, 0.05) is 31.2 Å². The van der Waals surface area contributed by atoms with Gasteiger partial charge in [0.05, 0.1) is 0 Å². The largest absolute Gasteiger partial charge is 0.367 e. The minimum absolute atomic E-state index is 0.986. The van der Waals surface area contributed by atoms with E-state index in [0.29, 0.717) is 0 Å². The van der Waals surface area contributed by atoms with Crippen molar-refractivity contribution in [2.45, 2.75) is 19.4 Å². The van der Waals surface area contributed by atoms with Gasteiger partial charge in [0.1, 0.15) is 0 Å². The highest BCUT2D eigenvalue weighted by atomic mass is 15.1. The number of nitrogens with zero attached hydrogens (tertiary/aromatic N) is 2. The molecule has 2 heteroatoms. The van der Waals surface area contributed by atoms with Crippen LogP contribution >= 0.6 is 0 Å². The molecule has 2 nitrogen and oxygen atoms in total. The zero-order chi connectivity index (χ0) is 11.5. The van der Waals surface area contributed by atoms with Crippen LogP contribution in [0.15, 0.2) is 48.8 Å². The van der Waals surface area contributed by atoms with Gasteiger partial charge in [-0.3, -0.25) is 4.98 Å². The topological polar surface area (TPSA) is 16.1 Å². The average Bonchev–Trinajstić information content (AvgIpc) is 2.40. The van der Waals surface area contributed by atoms with Crippen molar-refractivity contribution in [3.63, 3.8) is 0 Å². The molecule has 0 aliphatic carbocycles. The molecule has 2 aromatic rings. The van der Waals surface area contributed by atoms with E-state index in [0.717, 1.165) is 13.1 Å². The van der Waals surface area contributed by atoms with Crippen molar-refractivity contribution in [2.75, 3.05) is 11.4 Å². The average molecular weight is 224 g/mol. The molecule has 1 aromatic carbocycles. The summed E-state index contributed by atoms with van der Waals surface area (Å²) in [6.07, 6.45) is 6.20. The number of para-hydroxylation sites is 1. The number of aryl methyl sites for hydroxylation is 1. The van der Waals surface area contributed by atoms with Gasteiger partial charge in [0.2, 0.25) is 0 Å². The van der Waals surface area contributed by atoms with Crippen molar-refractivity contribution in [1.82, 2.24) is 4.98 Å². The molecule has 1 aromatic heterocycles. The summed E-state index contributed by atoms with van der Waals surface area (Å²) in [6, 6.07) is 12.9. The van der Waals surface area contributed by atoms with Gasteiger partial charge >= 0.3 is 0 Å². The summed E-state index contributed by atoms with van der Waals surface area (Å²) in [5.74, 6) is 0. The molecule has 0 saturated carbocycles. The minimum atomic E-state index is 0.986. The Balaban J connectivity index is 1.86. The number of anilines is 1. The van der Waals surface area contributed by atoms with E-state index in [1.54, 1.807) is 0 Å². The van der Waals surface area contributed by atoms with Gasteiger partial charge in [-0.05, 0) is 42.2 Å². The Hall–Kier alpha value is -1.83. The first-order valence-electron chi connectivity index (χ1n) is 6.15. The molecular weight excluding hydrogens is 208 g/mol. The predicted molar refractivity (Wildman–Crippen MR) is 70.1 cm³/mol. The number of fused-ring (bicyclic) bond motifs is 1. The first-order chi connectivity index (χ1) is 8.43. The Morgan fingerprint density at radius 3 is 2.76 bits per heavy atom. The second kappa shape index (κ2) is 4.58. The van der Waals surface area contributed by atoms with Crippen LogP contribution < -0.4 is 4.90 Å². The summed E-state index contributed by atoms with van der Waals surface area (Å²) in [4.78, 5) is 6.53. The van der Waals surface area contributed by atoms with E-state index in [-0.39, 0.29) is 0 Å². The Morgan fingerprint density at radius 1 is 1.06 bits per heavy atom. The number of benzene rings is 1. The van der Waals surface area contributed by atoms with Crippen molar-refractivity contribution in [3.05, 3.63) is 59.9 Å². The molecule has 0 spiro atoms. The minimum Gasteiger partial charge on any atom is -0.367 e. The number of pyridine rings is 1. The Morgan fingerprint density at radius 2 is 1.88 bits per heavy atom. The summed E-state index contributed by atoms with van der Waals surface area (Å²) in [7, 11) is 0. The summed E-state index contributed by atoms with van der Waals surface area (Å²) < 4.78 is 0. The van der Waals surface area contributed by atoms with Gasteiger partial charge in [0.15, 0.2) is 0 Å². The zero-order valence-electron chi connectivity index (χ0n) is 9.84. The molecule has 3 rings (SSSR count). The highest BCUT2D eigenvalue weighted by Gasteiger charge is 2.15. The lowest BCUT2D eigenvalue weighted by Crippen LogP contribution is -2.28. The molecule has 0 saturated heterocycles. The molecule has 0 unspecified atom stereocenters. The monoisotopic (exact) mass is 224 g/mol. The van der Waals surface area contributed by atoms with Gasteiger partial charge in [-0.1, -0.05) is 18.2 Å². The lowest BCUT2D eigenvalue weighted by molar-refractivity contribution is 0.691. The summed E-state index contributed by atoms with van der Waals surface area (Å²) >= 11 is 0. The second-order valence-corrected chi connectivity index (χ2v) is 4.51. The molecule has 1 aliphatic rings. The lowest BCUT2D eigenvalue weighted by atomic mass is 10.0. The van der Waals surface area contributed by atoms with Crippen molar-refractivity contribution in [1.29, 1.82) is 0 Å². The molecule has 17 heavy (non-hydrogen) atoms. The summed E-state index contributed by atoms with van der Waals surface area (Å²) in [5.41, 5.74) is 4.21. The van der Waals surface area contributed by atoms with Crippen LogP contribution in [0.4, 0.5) is 5.69 Å². The zero-order valence-corrected chi connectivity index (χ0v) is 9.84. The molecule has 0 amide bonds. The summed E-state index contributed by atoms with van der Waals surface area (Å²) in [5, 5.41) is 0. The molecule has 0 radical (unpaired) electrons. The predicted octanol–water partition coefficient (Wildman–Crippen LogP) is 3.03. The van der Waals surface area contributed by atoms with Crippen LogP contribution in [0.25, 0.3) is 0 Å². The van der Waals surface area contributed by atoms with Gasteiger partial charge in [-0.2, -0.15) is 0 Å². The first kappa shape index (κ1) is 10.3. The molecule has 1 aliphatic heterocycles. The van der Waals surface area contributed by atoms with Crippen molar-refractivity contribution in [3.8, 4) is 0 Å². The highest BCUT2D eigenvalue weighted by Crippen LogP contribution is 2.27. The van der Waals surface area contributed by atoms with Crippen LogP contribution in [-0.4, -0.2) is 11.5 Å². The maximum atomic E-state index is 4.06. The second-order valence-electron chi connectivity index (χ2n) is 4.51. The van der Waals surface area contributed by atoms with E-state index < -0.39 is 0 Å². The fraction of sp³-hybridized carbons (Fsp3) is 0.267. The highest BCUT2D eigenvalue weighted by molar-refractivity contribution is 5.55. The number of hydrogen-bond acceptors (Lipinski definition) is 2. The van der Waals surface area contributed by atoms with Crippen LogP contribution in [-0.2, 0) is 13.0 Å². The van der Waals surface area contributed by atoms with E-state index >= 15 is 0 Å². The first-order valence-corrected chi connectivity index (χ1v) is 6.15. The Kier molecular flexibility index (Phi) is 2.78. The molecule has 0 atom stereocenters. The van der Waals surface area contributed by atoms with Crippen LogP contribution in [0, 0.1) is 0 Å². The quantitative estimate of drug-likeness (QED) is 0.779. The van der Waals surface area contributed by atoms with E-state index in [1.165, 1.54) is 29.7 Å². The van der Waals surface area contributed by atoms with Gasteiger partial charge in [0.25, 0.3) is 0 Å². The lowest BCUT2D eigenvalue weighted by Gasteiger charge is -2.31. The number of aromatic nitrogens is 1. The van der Waals surface area contributed by atoms with E-state index in [9.17, 15) is 0 Å². The fourth-order valence-corrected chi connectivity index (χ4v) is 2.48. The Labute approximate surface area is 102 Å². The molecule has 0 fully saturated rings. The van der Waals surface area contributed by atoms with E-state index in [2.05, 4.69) is 46.3 Å². The van der Waals surface area contributed by atoms with Crippen molar-refractivity contribution < 1.29 is 0 Å². The summed E-state index contributed by atoms with van der Waals surface area (Å²) in [6.45, 7) is 2.14. The van der Waals surface area contributed by atoms with Gasteiger partial charge < -0.3 is 4.90 Å². The van der Waals surface area contributed by atoms with Crippen LogP contribution in [0.2, 0.25) is 0 Å². The third-order valence-corrected chi connectivity index (χ3v) is 3.33. The van der Waals surface area contributed by atoms with Gasteiger partial charge in [-0.25, -0.2) is 0 Å². The van der Waals surface area contributed by atoms with Crippen LogP contribution in [0.5, 0.6) is 0 Å². The Bertz CT molecular complexity index is 493. The molecular formula is C15H16N2. The fourth-order valence-electron chi connectivity index (χ4n) is 2.48. The standard InChI is InChI=1S/C15H16N2/c1-2-6-15-14(4-1)5-3-11-17(15)12-13-7-9-16-10-8-13/h1-2,4,6-10H,3,5,11-12H2. The van der Waals surface area contributed by atoms with Crippen molar-refractivity contribution >= 4 is 5.69 Å². The number of rotatable bonds is 2. The van der Waals surface area contributed by atoms with Crippen LogP contribution in [0.1, 0.15) is 17.5 Å². The molecule has 0 N–H and O–H groups in total. The maximum Gasteiger partial charge on any atom is 0.0430 e. The molecule has 86 valence electrons.